The standard InChI is InChI=1S/C22H23N3O3/c1-3-17-13(2)16-8-15(4-6-18(16)24-17)11-23-21(26)10-14-5-7-20-19(9-14)25-22(27)12-28-20/h4-9,24H,3,10-12H2,1-2H3,(H,23,26)(H,25,27). The molecule has 0 aliphatic carbocycles. The summed E-state index contributed by atoms with van der Waals surface area (Å²) in [7, 11) is 0. The molecule has 2 aromatic carbocycles. The van der Waals surface area contributed by atoms with Gasteiger partial charge >= 0.3 is 0 Å². The van der Waals surface area contributed by atoms with Crippen LogP contribution in [0.15, 0.2) is 36.4 Å². The van der Waals surface area contributed by atoms with Crippen molar-refractivity contribution in [3.05, 3.63) is 58.8 Å². The fourth-order valence-electron chi connectivity index (χ4n) is 3.58. The zero-order valence-electron chi connectivity index (χ0n) is 16.0. The first-order chi connectivity index (χ1) is 13.5. The molecule has 0 saturated carbocycles. The van der Waals surface area contributed by atoms with Gasteiger partial charge in [0.25, 0.3) is 5.91 Å². The summed E-state index contributed by atoms with van der Waals surface area (Å²) in [5, 5.41) is 6.94. The minimum atomic E-state index is -0.184. The van der Waals surface area contributed by atoms with Gasteiger partial charge in [-0.1, -0.05) is 19.1 Å². The number of aryl methyl sites for hydroxylation is 2. The molecular formula is C22H23N3O3. The van der Waals surface area contributed by atoms with Gasteiger partial charge in [0.2, 0.25) is 5.91 Å². The van der Waals surface area contributed by atoms with Crippen LogP contribution in [-0.2, 0) is 29.0 Å². The van der Waals surface area contributed by atoms with E-state index in [2.05, 4.69) is 41.6 Å². The first-order valence-electron chi connectivity index (χ1n) is 9.46. The number of anilines is 1. The van der Waals surface area contributed by atoms with Crippen molar-refractivity contribution in [3.63, 3.8) is 0 Å². The summed E-state index contributed by atoms with van der Waals surface area (Å²) < 4.78 is 5.34. The van der Waals surface area contributed by atoms with E-state index in [0.717, 1.165) is 23.1 Å². The Balaban J connectivity index is 1.41. The third-order valence-electron chi connectivity index (χ3n) is 5.11. The molecule has 144 valence electrons. The Morgan fingerprint density at radius 2 is 2.00 bits per heavy atom. The predicted molar refractivity (Wildman–Crippen MR) is 109 cm³/mol. The predicted octanol–water partition coefficient (Wildman–Crippen LogP) is 3.23. The van der Waals surface area contributed by atoms with Crippen LogP contribution in [0.1, 0.15) is 29.3 Å². The molecule has 0 bridgehead atoms. The van der Waals surface area contributed by atoms with Crippen LogP contribution in [-0.4, -0.2) is 23.4 Å². The molecule has 0 atom stereocenters. The Morgan fingerprint density at radius 1 is 1.18 bits per heavy atom. The van der Waals surface area contributed by atoms with E-state index in [1.54, 1.807) is 12.1 Å². The van der Waals surface area contributed by atoms with E-state index in [-0.39, 0.29) is 24.8 Å². The maximum atomic E-state index is 12.4. The van der Waals surface area contributed by atoms with Crippen LogP contribution in [0.4, 0.5) is 5.69 Å². The Labute approximate surface area is 163 Å². The fraction of sp³-hybridized carbons (Fsp3) is 0.273. The molecule has 3 N–H and O–H groups in total. The van der Waals surface area contributed by atoms with E-state index in [1.807, 2.05) is 12.1 Å². The molecular weight excluding hydrogens is 354 g/mol. The van der Waals surface area contributed by atoms with Crippen molar-refractivity contribution in [2.75, 3.05) is 11.9 Å². The van der Waals surface area contributed by atoms with Gasteiger partial charge in [0.1, 0.15) is 5.75 Å². The maximum absolute atomic E-state index is 12.4. The number of carbonyl (C=O) groups excluding carboxylic acids is 2. The first-order valence-corrected chi connectivity index (χ1v) is 9.46. The Hall–Kier alpha value is -3.28. The number of rotatable bonds is 5. The molecule has 1 aliphatic heterocycles. The van der Waals surface area contributed by atoms with Gasteiger partial charge in [-0.2, -0.15) is 0 Å². The average Bonchev–Trinajstić information content (AvgIpc) is 3.01. The van der Waals surface area contributed by atoms with Gasteiger partial charge < -0.3 is 20.4 Å². The third-order valence-corrected chi connectivity index (χ3v) is 5.11. The molecule has 0 saturated heterocycles. The lowest BCUT2D eigenvalue weighted by Gasteiger charge is -2.18. The number of H-pyrrole nitrogens is 1. The number of benzene rings is 2. The monoisotopic (exact) mass is 377 g/mol. The highest BCUT2D eigenvalue weighted by Gasteiger charge is 2.16. The van der Waals surface area contributed by atoms with E-state index in [4.69, 9.17) is 4.74 Å². The summed E-state index contributed by atoms with van der Waals surface area (Å²) in [6.07, 6.45) is 1.22. The summed E-state index contributed by atoms with van der Waals surface area (Å²) in [5.74, 6) is 0.379. The Morgan fingerprint density at radius 3 is 2.82 bits per heavy atom. The molecule has 2 amide bonds. The lowest BCUT2D eigenvalue weighted by atomic mass is 10.1. The molecule has 0 unspecified atom stereocenters. The smallest absolute Gasteiger partial charge is 0.262 e. The van der Waals surface area contributed by atoms with E-state index >= 15 is 0 Å². The van der Waals surface area contributed by atoms with Crippen LogP contribution in [0.25, 0.3) is 10.9 Å². The molecule has 28 heavy (non-hydrogen) atoms. The number of ether oxygens (including phenoxy) is 1. The summed E-state index contributed by atoms with van der Waals surface area (Å²) in [6, 6.07) is 11.6. The topological polar surface area (TPSA) is 83.2 Å². The van der Waals surface area contributed by atoms with Crippen LogP contribution < -0.4 is 15.4 Å². The largest absolute Gasteiger partial charge is 0.482 e. The quantitative estimate of drug-likeness (QED) is 0.638. The molecule has 0 radical (unpaired) electrons. The number of fused-ring (bicyclic) bond motifs is 2. The van der Waals surface area contributed by atoms with Crippen molar-refractivity contribution in [3.8, 4) is 5.75 Å². The minimum Gasteiger partial charge on any atom is -0.482 e. The number of amides is 2. The number of aromatic amines is 1. The van der Waals surface area contributed by atoms with Crippen molar-refractivity contribution in [2.45, 2.75) is 33.2 Å². The van der Waals surface area contributed by atoms with Gasteiger partial charge in [-0.05, 0) is 54.3 Å². The van der Waals surface area contributed by atoms with Gasteiger partial charge in [-0.25, -0.2) is 0 Å². The average molecular weight is 377 g/mol. The lowest BCUT2D eigenvalue weighted by Crippen LogP contribution is -2.26. The first kappa shape index (κ1) is 18.1. The van der Waals surface area contributed by atoms with Crippen LogP contribution in [0.5, 0.6) is 5.75 Å². The summed E-state index contributed by atoms with van der Waals surface area (Å²) >= 11 is 0. The van der Waals surface area contributed by atoms with Gasteiger partial charge in [0, 0.05) is 23.1 Å². The molecule has 1 aliphatic rings. The SMILES string of the molecule is CCc1[nH]c2ccc(CNC(=O)Cc3ccc4c(c3)NC(=O)CO4)cc2c1C. The number of nitrogens with one attached hydrogen (secondary N) is 3. The van der Waals surface area contributed by atoms with E-state index in [0.29, 0.717) is 18.0 Å². The maximum Gasteiger partial charge on any atom is 0.262 e. The summed E-state index contributed by atoms with van der Waals surface area (Å²) in [4.78, 5) is 27.2. The van der Waals surface area contributed by atoms with Crippen LogP contribution in [0.3, 0.4) is 0 Å². The highest BCUT2D eigenvalue weighted by atomic mass is 16.5. The minimum absolute atomic E-state index is 0.0253. The van der Waals surface area contributed by atoms with E-state index in [9.17, 15) is 9.59 Å². The van der Waals surface area contributed by atoms with Crippen molar-refractivity contribution >= 4 is 28.4 Å². The van der Waals surface area contributed by atoms with Crippen LogP contribution in [0.2, 0.25) is 0 Å². The summed E-state index contributed by atoms with van der Waals surface area (Å²) in [6.45, 7) is 4.76. The van der Waals surface area contributed by atoms with Gasteiger partial charge in [0.15, 0.2) is 6.61 Å². The van der Waals surface area contributed by atoms with Crippen LogP contribution in [0, 0.1) is 6.92 Å². The normalized spacial score (nSPS) is 13.0. The molecule has 6 nitrogen and oxygen atoms in total. The summed E-state index contributed by atoms with van der Waals surface area (Å²) in [5.41, 5.74) is 6.15. The molecule has 0 fully saturated rings. The number of hydrogen-bond acceptors (Lipinski definition) is 3. The third kappa shape index (κ3) is 3.58. The zero-order valence-corrected chi connectivity index (χ0v) is 16.0. The molecule has 4 rings (SSSR count). The zero-order chi connectivity index (χ0) is 19.7. The fourth-order valence-corrected chi connectivity index (χ4v) is 3.58. The van der Waals surface area contributed by atoms with E-state index < -0.39 is 0 Å². The molecule has 0 spiro atoms. The van der Waals surface area contributed by atoms with Gasteiger partial charge in [-0.15, -0.1) is 0 Å². The number of aromatic nitrogens is 1. The van der Waals surface area contributed by atoms with Crippen molar-refractivity contribution in [1.29, 1.82) is 0 Å². The highest BCUT2D eigenvalue weighted by Crippen LogP contribution is 2.28. The van der Waals surface area contributed by atoms with Gasteiger partial charge in [0.05, 0.1) is 12.1 Å². The van der Waals surface area contributed by atoms with Crippen molar-refractivity contribution < 1.29 is 14.3 Å². The second kappa shape index (κ2) is 7.38. The number of carbonyl (C=O) groups is 2. The second-order valence-corrected chi connectivity index (χ2v) is 7.08. The Bertz CT molecular complexity index is 1070. The Kier molecular flexibility index (Phi) is 4.77. The van der Waals surface area contributed by atoms with Crippen LogP contribution >= 0.6 is 0 Å². The molecule has 2 heterocycles. The lowest BCUT2D eigenvalue weighted by molar-refractivity contribution is -0.120. The molecule has 3 aromatic rings. The van der Waals surface area contributed by atoms with Crippen molar-refractivity contribution in [1.82, 2.24) is 10.3 Å². The highest BCUT2D eigenvalue weighted by molar-refractivity contribution is 5.95. The second-order valence-electron chi connectivity index (χ2n) is 7.08. The van der Waals surface area contributed by atoms with Crippen molar-refractivity contribution in [2.24, 2.45) is 0 Å². The molecule has 6 heteroatoms. The number of hydrogen-bond donors (Lipinski definition) is 3. The molecule has 1 aromatic heterocycles. The van der Waals surface area contributed by atoms with Gasteiger partial charge in [-0.3, -0.25) is 9.59 Å². The van der Waals surface area contributed by atoms with E-state index in [1.165, 1.54) is 16.6 Å².